The second kappa shape index (κ2) is 5.53. The summed E-state index contributed by atoms with van der Waals surface area (Å²) in [5, 5.41) is 4.56. The highest BCUT2D eigenvalue weighted by molar-refractivity contribution is 5.78. The second-order valence-corrected chi connectivity index (χ2v) is 5.13. The number of hydrogen-bond acceptors (Lipinski definition) is 4. The van der Waals surface area contributed by atoms with Crippen LogP contribution in [0.1, 0.15) is 19.8 Å². The zero-order valence-corrected chi connectivity index (χ0v) is 11.3. The minimum absolute atomic E-state index is 0.467. The smallest absolute Gasteiger partial charge is 0.223 e. The average Bonchev–Trinajstić information content (AvgIpc) is 2.47. The fourth-order valence-electron chi connectivity index (χ4n) is 2.68. The fraction of sp³-hybridized carbons (Fsp3) is 0.467. The van der Waals surface area contributed by atoms with Crippen LogP contribution in [0.5, 0.6) is 0 Å². The van der Waals surface area contributed by atoms with Gasteiger partial charge >= 0.3 is 0 Å². The number of nitrogens with one attached hydrogen (secondary N) is 1. The first-order valence-electron chi connectivity index (χ1n) is 7.06. The minimum atomic E-state index is 0.467. The third-order valence-corrected chi connectivity index (χ3v) is 3.77. The minimum Gasteiger partial charge on any atom is -0.350 e. The molecular formula is C15H20N4. The molecule has 1 atom stereocenters. The molecule has 2 heterocycles. The number of piperidine rings is 1. The predicted octanol–water partition coefficient (Wildman–Crippen LogP) is 2.53. The maximum absolute atomic E-state index is 4.58. The van der Waals surface area contributed by atoms with E-state index >= 15 is 0 Å². The molecule has 3 rings (SSSR count). The predicted molar refractivity (Wildman–Crippen MR) is 78.3 cm³/mol. The SMILES string of the molecule is CCN1CCCC(Nc2ncc3ccccc3n2)C1. The molecule has 2 aromatic rings. The van der Waals surface area contributed by atoms with Crippen molar-refractivity contribution in [3.05, 3.63) is 30.5 Å². The summed E-state index contributed by atoms with van der Waals surface area (Å²) in [7, 11) is 0. The molecule has 1 N–H and O–H groups in total. The van der Waals surface area contributed by atoms with Crippen LogP contribution in [0.2, 0.25) is 0 Å². The Bertz CT molecular complexity index is 555. The van der Waals surface area contributed by atoms with Crippen molar-refractivity contribution in [3.8, 4) is 0 Å². The van der Waals surface area contributed by atoms with Crippen molar-refractivity contribution in [2.45, 2.75) is 25.8 Å². The molecule has 0 spiro atoms. The van der Waals surface area contributed by atoms with E-state index in [0.717, 1.165) is 29.9 Å². The number of hydrogen-bond donors (Lipinski definition) is 1. The summed E-state index contributed by atoms with van der Waals surface area (Å²) < 4.78 is 0. The van der Waals surface area contributed by atoms with E-state index < -0.39 is 0 Å². The molecule has 0 aliphatic carbocycles. The Hall–Kier alpha value is -1.68. The Balaban J connectivity index is 1.74. The molecule has 1 aliphatic heterocycles. The zero-order valence-electron chi connectivity index (χ0n) is 11.3. The van der Waals surface area contributed by atoms with Crippen LogP contribution in [0.3, 0.4) is 0 Å². The topological polar surface area (TPSA) is 41.0 Å². The van der Waals surface area contributed by atoms with Gasteiger partial charge < -0.3 is 10.2 Å². The molecule has 0 radical (unpaired) electrons. The molecule has 0 bridgehead atoms. The number of nitrogens with zero attached hydrogens (tertiary/aromatic N) is 3. The van der Waals surface area contributed by atoms with Crippen molar-refractivity contribution in [1.29, 1.82) is 0 Å². The summed E-state index contributed by atoms with van der Waals surface area (Å²) in [6.45, 7) is 5.64. The van der Waals surface area contributed by atoms with Crippen molar-refractivity contribution >= 4 is 16.9 Å². The summed E-state index contributed by atoms with van der Waals surface area (Å²) in [6.07, 6.45) is 4.34. The number of rotatable bonds is 3. The molecule has 1 aromatic carbocycles. The number of fused-ring (bicyclic) bond motifs is 1. The first-order chi connectivity index (χ1) is 9.35. The van der Waals surface area contributed by atoms with Gasteiger partial charge in [-0.15, -0.1) is 0 Å². The van der Waals surface area contributed by atoms with Crippen molar-refractivity contribution in [3.63, 3.8) is 0 Å². The molecule has 1 saturated heterocycles. The summed E-state index contributed by atoms with van der Waals surface area (Å²) >= 11 is 0. The number of benzene rings is 1. The Morgan fingerprint density at radius 2 is 2.26 bits per heavy atom. The van der Waals surface area contributed by atoms with E-state index in [9.17, 15) is 0 Å². The second-order valence-electron chi connectivity index (χ2n) is 5.13. The number of anilines is 1. The quantitative estimate of drug-likeness (QED) is 0.916. The molecule has 1 aliphatic rings. The van der Waals surface area contributed by atoms with E-state index in [4.69, 9.17) is 0 Å². The van der Waals surface area contributed by atoms with Gasteiger partial charge in [-0.2, -0.15) is 0 Å². The largest absolute Gasteiger partial charge is 0.350 e. The number of para-hydroxylation sites is 1. The van der Waals surface area contributed by atoms with E-state index in [1.165, 1.54) is 19.4 Å². The number of likely N-dealkylation sites (tertiary alicyclic amines) is 1. The van der Waals surface area contributed by atoms with Crippen LogP contribution in [-0.2, 0) is 0 Å². The fourth-order valence-corrected chi connectivity index (χ4v) is 2.68. The lowest BCUT2D eigenvalue weighted by molar-refractivity contribution is 0.226. The van der Waals surface area contributed by atoms with Gasteiger partial charge in [0.2, 0.25) is 5.95 Å². The maximum Gasteiger partial charge on any atom is 0.223 e. The lowest BCUT2D eigenvalue weighted by Gasteiger charge is -2.32. The van der Waals surface area contributed by atoms with Gasteiger partial charge in [0.15, 0.2) is 0 Å². The van der Waals surface area contributed by atoms with E-state index in [0.29, 0.717) is 6.04 Å². The summed E-state index contributed by atoms with van der Waals surface area (Å²) in [5.74, 6) is 0.752. The lowest BCUT2D eigenvalue weighted by atomic mass is 10.1. The highest BCUT2D eigenvalue weighted by Crippen LogP contribution is 2.16. The van der Waals surface area contributed by atoms with Gasteiger partial charge in [0.1, 0.15) is 0 Å². The van der Waals surface area contributed by atoms with Crippen LogP contribution in [0.4, 0.5) is 5.95 Å². The highest BCUT2D eigenvalue weighted by Gasteiger charge is 2.19. The molecule has 1 aromatic heterocycles. The number of likely N-dealkylation sites (N-methyl/N-ethyl adjacent to an activating group) is 1. The third kappa shape index (κ3) is 2.84. The molecule has 0 saturated carbocycles. The van der Waals surface area contributed by atoms with Gasteiger partial charge in [-0.1, -0.05) is 25.1 Å². The van der Waals surface area contributed by atoms with Crippen LogP contribution in [0, 0.1) is 0 Å². The average molecular weight is 256 g/mol. The van der Waals surface area contributed by atoms with Gasteiger partial charge in [-0.25, -0.2) is 9.97 Å². The van der Waals surface area contributed by atoms with Crippen LogP contribution in [0.15, 0.2) is 30.5 Å². The van der Waals surface area contributed by atoms with Crippen LogP contribution in [0.25, 0.3) is 10.9 Å². The summed E-state index contributed by atoms with van der Waals surface area (Å²) in [6, 6.07) is 8.56. The highest BCUT2D eigenvalue weighted by atomic mass is 15.2. The lowest BCUT2D eigenvalue weighted by Crippen LogP contribution is -2.42. The van der Waals surface area contributed by atoms with Crippen molar-refractivity contribution < 1.29 is 0 Å². The Labute approximate surface area is 113 Å². The van der Waals surface area contributed by atoms with Crippen LogP contribution < -0.4 is 5.32 Å². The van der Waals surface area contributed by atoms with Gasteiger partial charge in [0, 0.05) is 24.2 Å². The Morgan fingerprint density at radius 1 is 1.37 bits per heavy atom. The molecule has 19 heavy (non-hydrogen) atoms. The van der Waals surface area contributed by atoms with E-state index in [1.54, 1.807) is 0 Å². The molecule has 0 amide bonds. The van der Waals surface area contributed by atoms with Gasteiger partial charge in [0.05, 0.1) is 5.52 Å². The molecule has 1 fully saturated rings. The molecular weight excluding hydrogens is 236 g/mol. The van der Waals surface area contributed by atoms with Gasteiger partial charge in [0.25, 0.3) is 0 Å². The monoisotopic (exact) mass is 256 g/mol. The molecule has 1 unspecified atom stereocenters. The van der Waals surface area contributed by atoms with E-state index in [-0.39, 0.29) is 0 Å². The normalized spacial score (nSPS) is 20.6. The van der Waals surface area contributed by atoms with Crippen LogP contribution in [-0.4, -0.2) is 40.5 Å². The Morgan fingerprint density at radius 3 is 3.16 bits per heavy atom. The Kier molecular flexibility index (Phi) is 3.60. The third-order valence-electron chi connectivity index (χ3n) is 3.77. The zero-order chi connectivity index (χ0) is 13.1. The van der Waals surface area contributed by atoms with Crippen molar-refractivity contribution in [2.24, 2.45) is 0 Å². The van der Waals surface area contributed by atoms with E-state index in [2.05, 4.69) is 27.1 Å². The van der Waals surface area contributed by atoms with E-state index in [1.807, 2.05) is 30.5 Å². The standard InChI is InChI=1S/C15H20N4/c1-2-19-9-5-7-13(11-19)17-15-16-10-12-6-3-4-8-14(12)18-15/h3-4,6,8,10,13H,2,5,7,9,11H2,1H3,(H,16,17,18). The first kappa shape index (κ1) is 12.4. The maximum atomic E-state index is 4.58. The van der Waals surface area contributed by atoms with Crippen LogP contribution >= 0.6 is 0 Å². The molecule has 4 nitrogen and oxygen atoms in total. The van der Waals surface area contributed by atoms with Gasteiger partial charge in [-0.3, -0.25) is 0 Å². The molecule has 4 heteroatoms. The first-order valence-corrected chi connectivity index (χ1v) is 7.06. The summed E-state index contributed by atoms with van der Waals surface area (Å²) in [5.41, 5.74) is 1.00. The number of aromatic nitrogens is 2. The summed E-state index contributed by atoms with van der Waals surface area (Å²) in [4.78, 5) is 11.5. The molecule has 100 valence electrons. The van der Waals surface area contributed by atoms with Gasteiger partial charge in [-0.05, 0) is 32.0 Å². The van der Waals surface area contributed by atoms with Crippen molar-refractivity contribution in [1.82, 2.24) is 14.9 Å². The van der Waals surface area contributed by atoms with Crippen molar-refractivity contribution in [2.75, 3.05) is 25.0 Å².